The minimum atomic E-state index is -0.952. The normalized spacial score (nSPS) is 11.0. The average molecular weight is 242 g/mol. The van der Waals surface area contributed by atoms with Crippen LogP contribution < -0.4 is 0 Å². The molecule has 92 valence electrons. The number of aryl methyl sites for hydroxylation is 2. The van der Waals surface area contributed by atoms with Gasteiger partial charge in [0.1, 0.15) is 0 Å². The maximum absolute atomic E-state index is 10.5. The highest BCUT2D eigenvalue weighted by atomic mass is 16.4. The summed E-state index contributed by atoms with van der Waals surface area (Å²) in [5.74, 6) is -0.952. The van der Waals surface area contributed by atoms with Crippen LogP contribution >= 0.6 is 0 Å². The summed E-state index contributed by atoms with van der Waals surface area (Å²) in [5.41, 5.74) is 3.77. The lowest BCUT2D eigenvalue weighted by molar-refractivity contribution is -0.131. The number of carbonyl (C=O) groups is 1. The molecule has 2 rings (SSSR count). The van der Waals surface area contributed by atoms with Gasteiger partial charge >= 0.3 is 5.97 Å². The summed E-state index contributed by atoms with van der Waals surface area (Å²) in [7, 11) is 0. The van der Waals surface area contributed by atoms with Crippen LogP contribution in [0, 0.1) is 13.8 Å². The molecule has 2 aromatic rings. The van der Waals surface area contributed by atoms with E-state index in [9.17, 15) is 4.79 Å². The van der Waals surface area contributed by atoms with Gasteiger partial charge in [0, 0.05) is 11.8 Å². The molecular formula is C14H14N2O2. The average Bonchev–Trinajstić information content (AvgIpc) is 2.66. The lowest BCUT2D eigenvalue weighted by atomic mass is 10.2. The molecule has 0 saturated heterocycles. The van der Waals surface area contributed by atoms with E-state index in [4.69, 9.17) is 5.11 Å². The van der Waals surface area contributed by atoms with Crippen LogP contribution in [-0.4, -0.2) is 20.9 Å². The van der Waals surface area contributed by atoms with Gasteiger partial charge in [-0.05, 0) is 43.7 Å². The highest BCUT2D eigenvalue weighted by molar-refractivity contribution is 5.85. The number of aliphatic carboxylic acids is 1. The second-order valence-corrected chi connectivity index (χ2v) is 4.11. The number of rotatable bonds is 3. The van der Waals surface area contributed by atoms with Gasteiger partial charge in [-0.1, -0.05) is 12.1 Å². The first-order chi connectivity index (χ1) is 8.56. The van der Waals surface area contributed by atoms with Gasteiger partial charge in [-0.3, -0.25) is 0 Å². The Labute approximate surface area is 105 Å². The fraction of sp³-hybridized carbons (Fsp3) is 0.143. The van der Waals surface area contributed by atoms with Crippen molar-refractivity contribution >= 4 is 12.0 Å². The molecule has 1 heterocycles. The van der Waals surface area contributed by atoms with E-state index in [0.29, 0.717) is 0 Å². The lowest BCUT2D eigenvalue weighted by Crippen LogP contribution is -1.99. The lowest BCUT2D eigenvalue weighted by Gasteiger charge is -2.05. The third-order valence-corrected chi connectivity index (χ3v) is 2.54. The van der Waals surface area contributed by atoms with E-state index in [0.717, 1.165) is 28.7 Å². The molecule has 0 unspecified atom stereocenters. The van der Waals surface area contributed by atoms with Crippen LogP contribution in [0.15, 0.2) is 36.4 Å². The van der Waals surface area contributed by atoms with Gasteiger partial charge in [0.15, 0.2) is 0 Å². The Morgan fingerprint density at radius 2 is 2.11 bits per heavy atom. The molecule has 0 aliphatic heterocycles. The number of hydrogen-bond donors (Lipinski definition) is 1. The van der Waals surface area contributed by atoms with Crippen molar-refractivity contribution in [1.82, 2.24) is 9.78 Å². The van der Waals surface area contributed by atoms with Crippen molar-refractivity contribution in [3.05, 3.63) is 53.4 Å². The van der Waals surface area contributed by atoms with Crippen molar-refractivity contribution in [2.45, 2.75) is 13.8 Å². The largest absolute Gasteiger partial charge is 0.478 e. The van der Waals surface area contributed by atoms with Gasteiger partial charge in [-0.2, -0.15) is 5.10 Å². The predicted molar refractivity (Wildman–Crippen MR) is 69.7 cm³/mol. The highest BCUT2D eigenvalue weighted by Gasteiger charge is 2.03. The zero-order valence-corrected chi connectivity index (χ0v) is 10.3. The summed E-state index contributed by atoms with van der Waals surface area (Å²) in [4.78, 5) is 10.5. The molecule has 0 radical (unpaired) electrons. The molecule has 4 nitrogen and oxygen atoms in total. The molecule has 1 aromatic heterocycles. The number of carboxylic acids is 1. The Bertz CT molecular complexity index is 612. The molecular weight excluding hydrogens is 228 g/mol. The quantitative estimate of drug-likeness (QED) is 0.842. The predicted octanol–water partition coefficient (Wildman–Crippen LogP) is 2.59. The van der Waals surface area contributed by atoms with E-state index in [1.165, 1.54) is 0 Å². The van der Waals surface area contributed by atoms with Crippen LogP contribution in [0.25, 0.3) is 11.8 Å². The maximum Gasteiger partial charge on any atom is 0.328 e. The van der Waals surface area contributed by atoms with Gasteiger partial charge < -0.3 is 5.11 Å². The Morgan fingerprint density at radius 1 is 1.33 bits per heavy atom. The van der Waals surface area contributed by atoms with Crippen LogP contribution in [-0.2, 0) is 4.79 Å². The fourth-order valence-electron chi connectivity index (χ4n) is 1.82. The second kappa shape index (κ2) is 4.87. The molecule has 0 aliphatic carbocycles. The molecule has 1 aromatic carbocycles. The molecule has 0 atom stereocenters. The monoisotopic (exact) mass is 242 g/mol. The van der Waals surface area contributed by atoms with Gasteiger partial charge in [-0.25, -0.2) is 9.48 Å². The number of carboxylic acid groups (broad SMARTS) is 1. The van der Waals surface area contributed by atoms with E-state index in [1.54, 1.807) is 6.08 Å². The number of hydrogen-bond acceptors (Lipinski definition) is 2. The third kappa shape index (κ3) is 2.66. The van der Waals surface area contributed by atoms with Crippen molar-refractivity contribution in [1.29, 1.82) is 0 Å². The van der Waals surface area contributed by atoms with E-state index in [2.05, 4.69) is 5.10 Å². The highest BCUT2D eigenvalue weighted by Crippen LogP contribution is 2.14. The number of aromatic nitrogens is 2. The smallest absolute Gasteiger partial charge is 0.328 e. The Hall–Kier alpha value is -2.36. The van der Waals surface area contributed by atoms with E-state index in [-0.39, 0.29) is 0 Å². The molecule has 0 bridgehead atoms. The molecule has 1 N–H and O–H groups in total. The Kier molecular flexibility index (Phi) is 3.28. The standard InChI is InChI=1S/C14H14N2O2/c1-10-8-11(2)16(15-10)13-5-3-4-12(9-13)6-7-14(17)18/h3-9H,1-2H3,(H,17,18). The van der Waals surface area contributed by atoms with E-state index >= 15 is 0 Å². The van der Waals surface area contributed by atoms with Gasteiger partial charge in [-0.15, -0.1) is 0 Å². The van der Waals surface area contributed by atoms with Crippen molar-refractivity contribution < 1.29 is 9.90 Å². The van der Waals surface area contributed by atoms with Crippen LogP contribution in [0.2, 0.25) is 0 Å². The van der Waals surface area contributed by atoms with E-state index < -0.39 is 5.97 Å². The van der Waals surface area contributed by atoms with Crippen LogP contribution in [0.1, 0.15) is 17.0 Å². The molecule has 0 saturated carbocycles. The summed E-state index contributed by atoms with van der Waals surface area (Å²) in [5, 5.41) is 13.0. The zero-order chi connectivity index (χ0) is 13.1. The minimum Gasteiger partial charge on any atom is -0.478 e. The molecule has 0 aliphatic rings. The van der Waals surface area contributed by atoms with Gasteiger partial charge in [0.05, 0.1) is 11.4 Å². The molecule has 0 spiro atoms. The number of nitrogens with zero attached hydrogens (tertiary/aromatic N) is 2. The second-order valence-electron chi connectivity index (χ2n) is 4.11. The fourth-order valence-corrected chi connectivity index (χ4v) is 1.82. The first-order valence-electron chi connectivity index (χ1n) is 5.61. The maximum atomic E-state index is 10.5. The first kappa shape index (κ1) is 12.1. The molecule has 0 amide bonds. The molecule has 18 heavy (non-hydrogen) atoms. The van der Waals surface area contributed by atoms with Crippen molar-refractivity contribution in [2.24, 2.45) is 0 Å². The zero-order valence-electron chi connectivity index (χ0n) is 10.3. The van der Waals surface area contributed by atoms with Crippen molar-refractivity contribution in [2.75, 3.05) is 0 Å². The number of benzene rings is 1. The third-order valence-electron chi connectivity index (χ3n) is 2.54. The molecule has 0 fully saturated rings. The SMILES string of the molecule is Cc1cc(C)n(-c2cccc(C=CC(=O)O)c2)n1. The van der Waals surface area contributed by atoms with E-state index in [1.807, 2.05) is 48.9 Å². The topological polar surface area (TPSA) is 55.1 Å². The minimum absolute atomic E-state index is 0.836. The van der Waals surface area contributed by atoms with Gasteiger partial charge in [0.2, 0.25) is 0 Å². The Morgan fingerprint density at radius 3 is 2.72 bits per heavy atom. The summed E-state index contributed by atoms with van der Waals surface area (Å²) >= 11 is 0. The summed E-state index contributed by atoms with van der Waals surface area (Å²) in [6, 6.07) is 9.58. The summed E-state index contributed by atoms with van der Waals surface area (Å²) in [6.07, 6.45) is 2.69. The Balaban J connectivity index is 2.38. The van der Waals surface area contributed by atoms with Crippen LogP contribution in [0.3, 0.4) is 0 Å². The first-order valence-corrected chi connectivity index (χ1v) is 5.61. The van der Waals surface area contributed by atoms with Crippen LogP contribution in [0.4, 0.5) is 0 Å². The van der Waals surface area contributed by atoms with Crippen molar-refractivity contribution in [3.63, 3.8) is 0 Å². The summed E-state index contributed by atoms with van der Waals surface area (Å²) < 4.78 is 1.84. The van der Waals surface area contributed by atoms with Gasteiger partial charge in [0.25, 0.3) is 0 Å². The summed E-state index contributed by atoms with van der Waals surface area (Å²) in [6.45, 7) is 3.93. The van der Waals surface area contributed by atoms with Crippen LogP contribution in [0.5, 0.6) is 0 Å². The molecule has 4 heteroatoms. The van der Waals surface area contributed by atoms with Crippen molar-refractivity contribution in [3.8, 4) is 5.69 Å².